The topological polar surface area (TPSA) is 136 Å². The van der Waals surface area contributed by atoms with Crippen LogP contribution >= 0.6 is 0 Å². The lowest BCUT2D eigenvalue weighted by molar-refractivity contribution is -0.138. The van der Waals surface area contributed by atoms with Crippen molar-refractivity contribution in [3.05, 3.63) is 85.5 Å². The highest BCUT2D eigenvalue weighted by molar-refractivity contribution is 5.89. The van der Waals surface area contributed by atoms with E-state index < -0.39 is 30.1 Å². The second-order valence-electron chi connectivity index (χ2n) is 7.65. The van der Waals surface area contributed by atoms with E-state index in [-0.39, 0.29) is 45.1 Å². The van der Waals surface area contributed by atoms with Crippen LogP contribution in [0.5, 0.6) is 11.5 Å². The number of hydrogen-bond donors (Lipinski definition) is 1. The number of amides is 1. The Kier molecular flexibility index (Phi) is 13.7. The van der Waals surface area contributed by atoms with Gasteiger partial charge < -0.3 is 33.7 Å². The predicted molar refractivity (Wildman–Crippen MR) is 139 cm³/mol. The van der Waals surface area contributed by atoms with Crippen molar-refractivity contribution in [2.24, 2.45) is 0 Å². The monoisotopic (exact) mass is 541 g/mol. The zero-order valence-corrected chi connectivity index (χ0v) is 21.4. The Morgan fingerprint density at radius 2 is 1.38 bits per heavy atom. The molecule has 0 aliphatic carbocycles. The maximum atomic E-state index is 12.3. The molecule has 1 atom stereocenters. The Morgan fingerprint density at radius 3 is 2.08 bits per heavy atom. The molecule has 1 amide bonds. The van der Waals surface area contributed by atoms with Gasteiger partial charge in [0, 0.05) is 18.6 Å². The third kappa shape index (κ3) is 12.8. The molecule has 1 unspecified atom stereocenters. The van der Waals surface area contributed by atoms with Gasteiger partial charge >= 0.3 is 24.0 Å². The molecule has 2 aromatic rings. The maximum absolute atomic E-state index is 12.3. The Bertz CT molecular complexity index is 1100. The lowest BCUT2D eigenvalue weighted by atomic mass is 10.2. The van der Waals surface area contributed by atoms with Crippen LogP contribution in [-0.2, 0) is 28.5 Å². The van der Waals surface area contributed by atoms with Gasteiger partial charge in [0.25, 0.3) is 0 Å². The fourth-order valence-corrected chi connectivity index (χ4v) is 2.82. The Morgan fingerprint density at radius 1 is 0.769 bits per heavy atom. The fourth-order valence-electron chi connectivity index (χ4n) is 2.82. The van der Waals surface area contributed by atoms with Gasteiger partial charge in [0.1, 0.15) is 31.3 Å². The SMILES string of the molecule is C=CC(=O)OCCCOC(=O)c1cccc(OCC(COc2ccccc2)OC(=O)NCCOC(=O)C=C)c1. The average Bonchev–Trinajstić information content (AvgIpc) is 2.96. The molecule has 0 bridgehead atoms. The number of hydrogen-bond acceptors (Lipinski definition) is 10. The minimum absolute atomic E-state index is 0.0129. The van der Waals surface area contributed by atoms with Gasteiger partial charge in [-0.05, 0) is 30.3 Å². The lowest BCUT2D eigenvalue weighted by Gasteiger charge is -2.19. The first-order valence-electron chi connectivity index (χ1n) is 12.0. The van der Waals surface area contributed by atoms with Gasteiger partial charge in [-0.15, -0.1) is 0 Å². The third-order valence-electron chi connectivity index (χ3n) is 4.67. The number of alkyl carbamates (subject to hydrolysis) is 1. The van der Waals surface area contributed by atoms with Gasteiger partial charge in [-0.2, -0.15) is 0 Å². The molecule has 1 N–H and O–H groups in total. The molecule has 0 saturated heterocycles. The summed E-state index contributed by atoms with van der Waals surface area (Å²) in [6.45, 7) is 6.63. The summed E-state index contributed by atoms with van der Waals surface area (Å²) in [5, 5.41) is 2.47. The predicted octanol–water partition coefficient (Wildman–Crippen LogP) is 3.24. The summed E-state index contributed by atoms with van der Waals surface area (Å²) in [6, 6.07) is 15.3. The van der Waals surface area contributed by atoms with Crippen LogP contribution in [0.4, 0.5) is 4.79 Å². The molecule has 0 radical (unpaired) electrons. The Hall–Kier alpha value is -4.80. The number of nitrogens with one attached hydrogen (secondary N) is 1. The first kappa shape index (κ1) is 30.4. The summed E-state index contributed by atoms with van der Waals surface area (Å²) in [4.78, 5) is 46.7. The summed E-state index contributed by atoms with van der Waals surface area (Å²) in [6.07, 6.45) is 0.823. The lowest BCUT2D eigenvalue weighted by Crippen LogP contribution is -2.37. The van der Waals surface area contributed by atoms with E-state index in [9.17, 15) is 19.2 Å². The fraction of sp³-hybridized carbons (Fsp3) is 0.286. The normalized spacial score (nSPS) is 10.8. The molecular weight excluding hydrogens is 510 g/mol. The van der Waals surface area contributed by atoms with Crippen LogP contribution in [0.2, 0.25) is 0 Å². The van der Waals surface area contributed by atoms with Crippen LogP contribution in [0.15, 0.2) is 79.9 Å². The van der Waals surface area contributed by atoms with Crippen molar-refractivity contribution in [3.63, 3.8) is 0 Å². The van der Waals surface area contributed by atoms with Gasteiger partial charge in [-0.3, -0.25) is 0 Å². The van der Waals surface area contributed by atoms with Crippen LogP contribution < -0.4 is 14.8 Å². The highest BCUT2D eigenvalue weighted by Crippen LogP contribution is 2.16. The highest BCUT2D eigenvalue weighted by Gasteiger charge is 2.18. The van der Waals surface area contributed by atoms with E-state index in [1.807, 2.05) is 6.07 Å². The molecule has 2 aromatic carbocycles. The minimum Gasteiger partial charge on any atom is -0.490 e. The number of para-hydroxylation sites is 1. The van der Waals surface area contributed by atoms with E-state index in [0.29, 0.717) is 17.9 Å². The van der Waals surface area contributed by atoms with E-state index in [0.717, 1.165) is 12.2 Å². The molecule has 0 aliphatic heterocycles. The molecule has 39 heavy (non-hydrogen) atoms. The number of esters is 3. The first-order valence-corrected chi connectivity index (χ1v) is 12.0. The molecule has 0 saturated carbocycles. The quantitative estimate of drug-likeness (QED) is 0.138. The van der Waals surface area contributed by atoms with Gasteiger partial charge in [0.05, 0.1) is 25.3 Å². The molecule has 0 aromatic heterocycles. The Balaban J connectivity index is 1.88. The van der Waals surface area contributed by atoms with E-state index in [2.05, 4.69) is 18.5 Å². The summed E-state index contributed by atoms with van der Waals surface area (Å²) >= 11 is 0. The molecule has 0 aliphatic rings. The zero-order valence-electron chi connectivity index (χ0n) is 21.4. The summed E-state index contributed by atoms with van der Waals surface area (Å²) in [5.74, 6) is -0.810. The van der Waals surface area contributed by atoms with E-state index in [4.69, 9.17) is 28.4 Å². The molecule has 0 heterocycles. The number of carbonyl (C=O) groups is 4. The van der Waals surface area contributed by atoms with E-state index in [1.54, 1.807) is 42.5 Å². The van der Waals surface area contributed by atoms with Crippen molar-refractivity contribution in [2.75, 3.05) is 39.6 Å². The third-order valence-corrected chi connectivity index (χ3v) is 4.67. The molecule has 208 valence electrons. The van der Waals surface area contributed by atoms with Gasteiger partial charge in [-0.1, -0.05) is 37.4 Å². The summed E-state index contributed by atoms with van der Waals surface area (Å²) in [7, 11) is 0. The van der Waals surface area contributed by atoms with Gasteiger partial charge in [-0.25, -0.2) is 19.2 Å². The molecule has 0 spiro atoms. The molecular formula is C28H31NO10. The number of rotatable bonds is 17. The van der Waals surface area contributed by atoms with Crippen molar-refractivity contribution in [1.82, 2.24) is 5.32 Å². The van der Waals surface area contributed by atoms with E-state index in [1.165, 1.54) is 6.07 Å². The van der Waals surface area contributed by atoms with Crippen molar-refractivity contribution < 1.29 is 47.6 Å². The van der Waals surface area contributed by atoms with Crippen LogP contribution in [0.25, 0.3) is 0 Å². The van der Waals surface area contributed by atoms with Crippen LogP contribution in [0.1, 0.15) is 16.8 Å². The number of benzene rings is 2. The Labute approximate surface area is 226 Å². The van der Waals surface area contributed by atoms with Crippen LogP contribution in [0.3, 0.4) is 0 Å². The summed E-state index contributed by atoms with van der Waals surface area (Å²) in [5.41, 5.74) is 0.250. The molecule has 0 fully saturated rings. The van der Waals surface area contributed by atoms with Crippen molar-refractivity contribution in [2.45, 2.75) is 12.5 Å². The second-order valence-corrected chi connectivity index (χ2v) is 7.65. The minimum atomic E-state index is -0.824. The first-order chi connectivity index (χ1) is 18.9. The second kappa shape index (κ2) is 17.6. The van der Waals surface area contributed by atoms with Crippen LogP contribution in [0, 0.1) is 0 Å². The van der Waals surface area contributed by atoms with Gasteiger partial charge in [0.15, 0.2) is 6.10 Å². The average molecular weight is 542 g/mol. The van der Waals surface area contributed by atoms with Crippen molar-refractivity contribution in [3.8, 4) is 11.5 Å². The molecule has 2 rings (SSSR count). The number of carbonyl (C=O) groups excluding carboxylic acids is 4. The smallest absolute Gasteiger partial charge is 0.407 e. The maximum Gasteiger partial charge on any atom is 0.407 e. The van der Waals surface area contributed by atoms with Crippen LogP contribution in [-0.4, -0.2) is 69.7 Å². The highest BCUT2D eigenvalue weighted by atomic mass is 16.6. The molecule has 11 nitrogen and oxygen atoms in total. The standard InChI is InChI=1S/C28H31NO10/c1-3-25(30)34-15-9-16-36-27(32)21-10-8-13-23(18-21)38-20-24(19-37-22-11-6-5-7-12-22)39-28(33)29-14-17-35-26(31)4-2/h3-8,10-13,18,24H,1-2,9,14-17,19-20H2,(H,29,33). The molecule has 11 heteroatoms. The van der Waals surface area contributed by atoms with E-state index >= 15 is 0 Å². The summed E-state index contributed by atoms with van der Waals surface area (Å²) < 4.78 is 31.7. The van der Waals surface area contributed by atoms with Crippen molar-refractivity contribution in [1.29, 1.82) is 0 Å². The zero-order chi connectivity index (χ0) is 28.3. The van der Waals surface area contributed by atoms with Gasteiger partial charge in [0.2, 0.25) is 0 Å². The largest absolute Gasteiger partial charge is 0.490 e. The number of ether oxygens (including phenoxy) is 6. The van der Waals surface area contributed by atoms with Crippen molar-refractivity contribution >= 4 is 24.0 Å².